The van der Waals surface area contributed by atoms with E-state index in [2.05, 4.69) is 13.8 Å². The first-order chi connectivity index (χ1) is 7.81. The smallest absolute Gasteiger partial charge is 0.00461 e. The van der Waals surface area contributed by atoms with Crippen molar-refractivity contribution in [2.24, 2.45) is 23.5 Å². The fourth-order valence-electron chi connectivity index (χ4n) is 3.32. The van der Waals surface area contributed by atoms with Gasteiger partial charge in [0.15, 0.2) is 0 Å². The second-order valence-electron chi connectivity index (χ2n) is 5.69. The first-order valence-corrected chi connectivity index (χ1v) is 7.51. The molecule has 1 aliphatic rings. The fourth-order valence-corrected chi connectivity index (χ4v) is 3.32. The maximum atomic E-state index is 5.98. The molecular weight excluding hydrogens is 194 g/mol. The molecule has 1 heteroatoms. The van der Waals surface area contributed by atoms with Crippen molar-refractivity contribution in [1.82, 2.24) is 0 Å². The first-order valence-electron chi connectivity index (χ1n) is 7.51. The second kappa shape index (κ2) is 8.11. The fraction of sp³-hybridized carbons (Fsp3) is 1.00. The van der Waals surface area contributed by atoms with E-state index >= 15 is 0 Å². The van der Waals surface area contributed by atoms with Gasteiger partial charge in [-0.3, -0.25) is 0 Å². The quantitative estimate of drug-likeness (QED) is 0.652. The molecule has 0 saturated heterocycles. The second-order valence-corrected chi connectivity index (χ2v) is 5.69. The zero-order valence-corrected chi connectivity index (χ0v) is 11.4. The van der Waals surface area contributed by atoms with Crippen LogP contribution >= 0.6 is 0 Å². The zero-order valence-electron chi connectivity index (χ0n) is 11.4. The van der Waals surface area contributed by atoms with E-state index in [1.165, 1.54) is 57.8 Å². The standard InChI is InChI=1S/C15H31N/c1-3-5-8-13(4-2)11-15(12-16)14-9-6-7-10-14/h13-15H,3-12,16H2,1-2H3. The van der Waals surface area contributed by atoms with Crippen LogP contribution < -0.4 is 5.73 Å². The molecule has 0 heterocycles. The summed E-state index contributed by atoms with van der Waals surface area (Å²) < 4.78 is 0. The largest absolute Gasteiger partial charge is 0.330 e. The molecule has 1 saturated carbocycles. The molecule has 2 unspecified atom stereocenters. The van der Waals surface area contributed by atoms with Crippen LogP contribution in [-0.2, 0) is 0 Å². The van der Waals surface area contributed by atoms with Crippen LogP contribution in [0.25, 0.3) is 0 Å². The Bertz CT molecular complexity index is 161. The molecule has 2 atom stereocenters. The Morgan fingerprint density at radius 1 is 1.19 bits per heavy atom. The number of hydrogen-bond donors (Lipinski definition) is 1. The van der Waals surface area contributed by atoms with Crippen LogP contribution in [0.15, 0.2) is 0 Å². The van der Waals surface area contributed by atoms with Crippen molar-refractivity contribution in [3.63, 3.8) is 0 Å². The molecule has 96 valence electrons. The number of hydrogen-bond acceptors (Lipinski definition) is 1. The lowest BCUT2D eigenvalue weighted by atomic mass is 9.81. The van der Waals surface area contributed by atoms with Gasteiger partial charge in [0, 0.05) is 0 Å². The summed E-state index contributed by atoms with van der Waals surface area (Å²) >= 11 is 0. The molecule has 1 fully saturated rings. The molecule has 1 nitrogen and oxygen atoms in total. The lowest BCUT2D eigenvalue weighted by Crippen LogP contribution is -2.24. The third kappa shape index (κ3) is 4.45. The van der Waals surface area contributed by atoms with E-state index in [-0.39, 0.29) is 0 Å². The number of unbranched alkanes of at least 4 members (excludes halogenated alkanes) is 1. The lowest BCUT2D eigenvalue weighted by molar-refractivity contribution is 0.260. The Morgan fingerprint density at radius 2 is 1.88 bits per heavy atom. The SMILES string of the molecule is CCCCC(CC)CC(CN)C1CCCC1. The maximum absolute atomic E-state index is 5.98. The average Bonchev–Trinajstić information content (AvgIpc) is 2.83. The van der Waals surface area contributed by atoms with Crippen LogP contribution in [0.1, 0.15) is 71.6 Å². The summed E-state index contributed by atoms with van der Waals surface area (Å²) in [5.74, 6) is 2.72. The van der Waals surface area contributed by atoms with E-state index in [1.807, 2.05) is 0 Å². The minimum atomic E-state index is 0.823. The molecule has 1 aliphatic carbocycles. The molecular formula is C15H31N. The Kier molecular flexibility index (Phi) is 7.11. The van der Waals surface area contributed by atoms with Crippen LogP contribution in [0.3, 0.4) is 0 Å². The van der Waals surface area contributed by atoms with Crippen molar-refractivity contribution < 1.29 is 0 Å². The maximum Gasteiger partial charge on any atom is -0.00461 e. The Balaban J connectivity index is 2.33. The predicted molar refractivity (Wildman–Crippen MR) is 72.4 cm³/mol. The van der Waals surface area contributed by atoms with Gasteiger partial charge in [-0.05, 0) is 30.7 Å². The zero-order chi connectivity index (χ0) is 11.8. The van der Waals surface area contributed by atoms with Gasteiger partial charge in [0.25, 0.3) is 0 Å². The molecule has 0 aliphatic heterocycles. The van der Waals surface area contributed by atoms with Crippen LogP contribution in [0.5, 0.6) is 0 Å². The summed E-state index contributed by atoms with van der Waals surface area (Å²) in [6, 6.07) is 0. The van der Waals surface area contributed by atoms with Crippen molar-refractivity contribution in [3.05, 3.63) is 0 Å². The molecule has 0 aromatic heterocycles. The van der Waals surface area contributed by atoms with Crippen LogP contribution in [0, 0.1) is 17.8 Å². The van der Waals surface area contributed by atoms with Gasteiger partial charge in [-0.2, -0.15) is 0 Å². The van der Waals surface area contributed by atoms with Gasteiger partial charge in [-0.1, -0.05) is 65.2 Å². The third-order valence-corrected chi connectivity index (χ3v) is 4.55. The minimum Gasteiger partial charge on any atom is -0.330 e. The highest BCUT2D eigenvalue weighted by atomic mass is 14.6. The lowest BCUT2D eigenvalue weighted by Gasteiger charge is -2.26. The Morgan fingerprint density at radius 3 is 2.38 bits per heavy atom. The highest BCUT2D eigenvalue weighted by molar-refractivity contribution is 4.78. The summed E-state index contributed by atoms with van der Waals surface area (Å²) in [4.78, 5) is 0. The highest BCUT2D eigenvalue weighted by Gasteiger charge is 2.25. The molecule has 2 N–H and O–H groups in total. The van der Waals surface area contributed by atoms with Gasteiger partial charge < -0.3 is 5.73 Å². The van der Waals surface area contributed by atoms with Crippen molar-refractivity contribution >= 4 is 0 Å². The predicted octanol–water partition coefficient (Wildman–Crippen LogP) is 4.36. The van der Waals surface area contributed by atoms with Crippen LogP contribution in [-0.4, -0.2) is 6.54 Å². The van der Waals surface area contributed by atoms with Crippen molar-refractivity contribution in [3.8, 4) is 0 Å². The van der Waals surface area contributed by atoms with E-state index in [0.29, 0.717) is 0 Å². The molecule has 0 aromatic carbocycles. The molecule has 0 aromatic rings. The molecule has 0 radical (unpaired) electrons. The van der Waals surface area contributed by atoms with Crippen molar-refractivity contribution in [2.45, 2.75) is 71.6 Å². The average molecular weight is 225 g/mol. The van der Waals surface area contributed by atoms with Crippen LogP contribution in [0.2, 0.25) is 0 Å². The van der Waals surface area contributed by atoms with E-state index in [0.717, 1.165) is 24.3 Å². The molecule has 0 spiro atoms. The first kappa shape index (κ1) is 14.0. The van der Waals surface area contributed by atoms with Crippen LogP contribution in [0.4, 0.5) is 0 Å². The van der Waals surface area contributed by atoms with E-state index in [1.54, 1.807) is 0 Å². The van der Waals surface area contributed by atoms with Gasteiger partial charge in [-0.25, -0.2) is 0 Å². The molecule has 16 heavy (non-hydrogen) atoms. The van der Waals surface area contributed by atoms with E-state index in [9.17, 15) is 0 Å². The molecule has 0 bridgehead atoms. The monoisotopic (exact) mass is 225 g/mol. The number of nitrogens with two attached hydrogens (primary N) is 1. The van der Waals surface area contributed by atoms with Crippen molar-refractivity contribution in [2.75, 3.05) is 6.54 Å². The van der Waals surface area contributed by atoms with Gasteiger partial charge >= 0.3 is 0 Å². The Labute approximate surface area is 102 Å². The normalized spacial score (nSPS) is 21.2. The van der Waals surface area contributed by atoms with Gasteiger partial charge in [-0.15, -0.1) is 0 Å². The summed E-state index contributed by atoms with van der Waals surface area (Å²) in [6.07, 6.45) is 12.7. The van der Waals surface area contributed by atoms with Gasteiger partial charge in [0.05, 0.1) is 0 Å². The van der Waals surface area contributed by atoms with E-state index in [4.69, 9.17) is 5.73 Å². The minimum absolute atomic E-state index is 0.823. The molecule has 1 rings (SSSR count). The Hall–Kier alpha value is -0.0400. The highest BCUT2D eigenvalue weighted by Crippen LogP contribution is 2.35. The number of rotatable bonds is 8. The van der Waals surface area contributed by atoms with Crippen molar-refractivity contribution in [1.29, 1.82) is 0 Å². The summed E-state index contributed by atoms with van der Waals surface area (Å²) in [5.41, 5.74) is 5.98. The molecule has 0 amide bonds. The van der Waals surface area contributed by atoms with Gasteiger partial charge in [0.1, 0.15) is 0 Å². The third-order valence-electron chi connectivity index (χ3n) is 4.55. The summed E-state index contributed by atoms with van der Waals surface area (Å²) in [6.45, 7) is 5.57. The summed E-state index contributed by atoms with van der Waals surface area (Å²) in [7, 11) is 0. The topological polar surface area (TPSA) is 26.0 Å². The van der Waals surface area contributed by atoms with E-state index < -0.39 is 0 Å². The van der Waals surface area contributed by atoms with Gasteiger partial charge in [0.2, 0.25) is 0 Å². The summed E-state index contributed by atoms with van der Waals surface area (Å²) in [5, 5.41) is 0.